The summed E-state index contributed by atoms with van der Waals surface area (Å²) in [5, 5.41) is 18.2. The van der Waals surface area contributed by atoms with Crippen molar-refractivity contribution in [2.45, 2.75) is 31.2 Å². The number of carbonyl (C=O) groups is 3. The average molecular weight is 514 g/mol. The molecule has 3 aromatic rings. The Morgan fingerprint density at radius 1 is 0.947 bits per heavy atom. The molecule has 1 atom stereocenters. The molecule has 0 heterocycles. The SMILES string of the molecule is [N-]=[N+]=Nc1ccc(C(=O)NCCCC[C@H](NC(=O)OCC2c3ccccc3-c3ccccc32)C(=O)O)cc1. The van der Waals surface area contributed by atoms with Crippen LogP contribution in [-0.4, -0.2) is 42.3 Å². The molecule has 0 bridgehead atoms. The standard InChI is InChI=1S/C28H27N5O5/c29-33-32-19-14-12-18(13-15-19)26(34)30-16-6-5-11-25(27(35)36)31-28(37)38-17-24-22-9-3-1-7-20(22)21-8-2-4-10-23(21)24/h1-4,7-10,12-15,24-25H,5-6,11,16-17H2,(H,30,34)(H,31,37)(H,35,36)/t25-/m0/s1. The van der Waals surface area contributed by atoms with Crippen molar-refractivity contribution in [3.05, 3.63) is 99.9 Å². The first kappa shape index (κ1) is 26.2. The average Bonchev–Trinajstić information content (AvgIpc) is 3.25. The van der Waals surface area contributed by atoms with E-state index in [1.165, 1.54) is 0 Å². The number of hydrogen-bond acceptors (Lipinski definition) is 5. The van der Waals surface area contributed by atoms with Crippen molar-refractivity contribution in [3.63, 3.8) is 0 Å². The van der Waals surface area contributed by atoms with Gasteiger partial charge in [0.1, 0.15) is 12.6 Å². The summed E-state index contributed by atoms with van der Waals surface area (Å²) in [6, 6.07) is 21.0. The van der Waals surface area contributed by atoms with Crippen molar-refractivity contribution in [1.82, 2.24) is 10.6 Å². The maximum atomic E-state index is 12.5. The van der Waals surface area contributed by atoms with Crippen LogP contribution in [0.15, 0.2) is 77.9 Å². The minimum absolute atomic E-state index is 0.0993. The van der Waals surface area contributed by atoms with E-state index in [1.807, 2.05) is 48.5 Å². The van der Waals surface area contributed by atoms with Crippen LogP contribution < -0.4 is 10.6 Å². The van der Waals surface area contributed by atoms with Crippen LogP contribution in [0.3, 0.4) is 0 Å². The topological polar surface area (TPSA) is 153 Å². The van der Waals surface area contributed by atoms with Gasteiger partial charge in [0.2, 0.25) is 0 Å². The first-order valence-corrected chi connectivity index (χ1v) is 12.3. The van der Waals surface area contributed by atoms with E-state index >= 15 is 0 Å². The minimum atomic E-state index is -1.15. The zero-order chi connectivity index (χ0) is 26.9. The molecule has 10 nitrogen and oxygen atoms in total. The van der Waals surface area contributed by atoms with E-state index in [0.29, 0.717) is 30.6 Å². The summed E-state index contributed by atoms with van der Waals surface area (Å²) in [6.45, 7) is 0.441. The van der Waals surface area contributed by atoms with E-state index in [1.54, 1.807) is 24.3 Å². The number of rotatable bonds is 11. The maximum Gasteiger partial charge on any atom is 0.407 e. The number of amides is 2. The van der Waals surface area contributed by atoms with Crippen LogP contribution in [0.5, 0.6) is 0 Å². The second kappa shape index (κ2) is 12.4. The zero-order valence-electron chi connectivity index (χ0n) is 20.5. The van der Waals surface area contributed by atoms with Gasteiger partial charge in [0, 0.05) is 28.6 Å². The van der Waals surface area contributed by atoms with Crippen LogP contribution >= 0.6 is 0 Å². The number of benzene rings is 3. The van der Waals surface area contributed by atoms with Crippen molar-refractivity contribution in [2.75, 3.05) is 13.2 Å². The van der Waals surface area contributed by atoms with Crippen LogP contribution in [0.1, 0.15) is 46.7 Å². The van der Waals surface area contributed by atoms with Crippen molar-refractivity contribution >= 4 is 23.7 Å². The molecule has 194 valence electrons. The molecule has 1 aliphatic rings. The minimum Gasteiger partial charge on any atom is -0.480 e. The zero-order valence-corrected chi connectivity index (χ0v) is 20.5. The molecule has 1 aliphatic carbocycles. The van der Waals surface area contributed by atoms with Gasteiger partial charge in [-0.15, -0.1) is 0 Å². The van der Waals surface area contributed by atoms with Gasteiger partial charge < -0.3 is 20.5 Å². The lowest BCUT2D eigenvalue weighted by Gasteiger charge is -2.17. The molecule has 38 heavy (non-hydrogen) atoms. The number of nitrogens with one attached hydrogen (secondary N) is 2. The van der Waals surface area contributed by atoms with E-state index in [9.17, 15) is 19.5 Å². The molecule has 0 fully saturated rings. The first-order chi connectivity index (χ1) is 18.5. The summed E-state index contributed by atoms with van der Waals surface area (Å²) in [5.41, 5.74) is 13.6. The smallest absolute Gasteiger partial charge is 0.407 e. The summed E-state index contributed by atoms with van der Waals surface area (Å²) >= 11 is 0. The maximum absolute atomic E-state index is 12.5. The van der Waals surface area contributed by atoms with Crippen molar-refractivity contribution in [3.8, 4) is 11.1 Å². The number of aliphatic carboxylic acids is 1. The molecule has 2 amide bonds. The third-order valence-corrected chi connectivity index (χ3v) is 6.43. The van der Waals surface area contributed by atoms with Gasteiger partial charge in [-0.3, -0.25) is 4.79 Å². The number of unbranched alkanes of at least 4 members (excludes halogenated alkanes) is 1. The summed E-state index contributed by atoms with van der Waals surface area (Å²) in [7, 11) is 0. The van der Waals surface area contributed by atoms with Gasteiger partial charge in [-0.2, -0.15) is 0 Å². The number of carboxylic acids is 1. The molecule has 4 rings (SSSR count). The fraction of sp³-hybridized carbons (Fsp3) is 0.250. The van der Waals surface area contributed by atoms with Crippen molar-refractivity contribution in [1.29, 1.82) is 0 Å². The number of alkyl carbamates (subject to hydrolysis) is 1. The Balaban J connectivity index is 1.22. The molecule has 0 radical (unpaired) electrons. The molecule has 0 saturated heterocycles. The monoisotopic (exact) mass is 513 g/mol. The molecular formula is C28H27N5O5. The second-order valence-electron chi connectivity index (χ2n) is 8.85. The van der Waals surface area contributed by atoms with E-state index in [4.69, 9.17) is 10.3 Å². The largest absolute Gasteiger partial charge is 0.480 e. The lowest BCUT2D eigenvalue weighted by molar-refractivity contribution is -0.139. The molecule has 0 aromatic heterocycles. The molecule has 0 saturated carbocycles. The van der Waals surface area contributed by atoms with E-state index in [2.05, 4.69) is 20.7 Å². The van der Waals surface area contributed by atoms with Gasteiger partial charge in [0.15, 0.2) is 0 Å². The number of carbonyl (C=O) groups excluding carboxylic acids is 2. The normalized spacial score (nSPS) is 12.4. The van der Waals surface area contributed by atoms with Crippen LogP contribution in [0.2, 0.25) is 0 Å². The first-order valence-electron chi connectivity index (χ1n) is 12.3. The molecule has 0 unspecified atom stereocenters. The number of carboxylic acid groups (broad SMARTS) is 1. The highest BCUT2D eigenvalue weighted by molar-refractivity contribution is 5.94. The van der Waals surface area contributed by atoms with Gasteiger partial charge in [-0.1, -0.05) is 65.8 Å². The third kappa shape index (κ3) is 6.29. The Bertz CT molecular complexity index is 1320. The molecule has 0 spiro atoms. The predicted octanol–water partition coefficient (Wildman–Crippen LogP) is 5.52. The Hall–Kier alpha value is -4.82. The summed E-state index contributed by atoms with van der Waals surface area (Å²) in [4.78, 5) is 39.0. The Labute approximate surface area is 219 Å². The number of ether oxygens (including phenoxy) is 1. The predicted molar refractivity (Wildman–Crippen MR) is 141 cm³/mol. The summed E-state index contributed by atoms with van der Waals surface area (Å²) in [5.74, 6) is -1.55. The lowest BCUT2D eigenvalue weighted by Crippen LogP contribution is -2.41. The van der Waals surface area contributed by atoms with Gasteiger partial charge in [0.05, 0.1) is 0 Å². The van der Waals surface area contributed by atoms with Gasteiger partial charge in [-0.25, -0.2) is 9.59 Å². The highest BCUT2D eigenvalue weighted by atomic mass is 16.5. The highest BCUT2D eigenvalue weighted by Gasteiger charge is 2.29. The molecule has 0 aliphatic heterocycles. The third-order valence-electron chi connectivity index (χ3n) is 6.43. The van der Waals surface area contributed by atoms with Crippen LogP contribution in [0, 0.1) is 0 Å². The molecule has 3 N–H and O–H groups in total. The van der Waals surface area contributed by atoms with Gasteiger partial charge in [-0.05, 0) is 59.2 Å². The Morgan fingerprint density at radius 2 is 1.58 bits per heavy atom. The van der Waals surface area contributed by atoms with Gasteiger partial charge >= 0.3 is 12.1 Å². The number of fused-ring (bicyclic) bond motifs is 3. The van der Waals surface area contributed by atoms with E-state index in [-0.39, 0.29) is 24.9 Å². The fourth-order valence-electron chi connectivity index (χ4n) is 4.55. The summed E-state index contributed by atoms with van der Waals surface area (Å²) < 4.78 is 5.46. The number of hydrogen-bond donors (Lipinski definition) is 3. The number of azide groups is 1. The summed E-state index contributed by atoms with van der Waals surface area (Å²) in [6.07, 6.45) is 0.405. The lowest BCUT2D eigenvalue weighted by atomic mass is 9.98. The molecule has 10 heteroatoms. The quantitative estimate of drug-likeness (QED) is 0.133. The Kier molecular flexibility index (Phi) is 8.58. The van der Waals surface area contributed by atoms with Crippen LogP contribution in [0.25, 0.3) is 21.6 Å². The van der Waals surface area contributed by atoms with E-state index in [0.717, 1.165) is 22.3 Å². The molecular weight excluding hydrogens is 486 g/mol. The van der Waals surface area contributed by atoms with Crippen LogP contribution in [0.4, 0.5) is 10.5 Å². The van der Waals surface area contributed by atoms with Crippen molar-refractivity contribution in [2.24, 2.45) is 5.11 Å². The Morgan fingerprint density at radius 3 is 2.18 bits per heavy atom. The number of nitrogens with zero attached hydrogens (tertiary/aromatic N) is 3. The van der Waals surface area contributed by atoms with E-state index < -0.39 is 18.1 Å². The van der Waals surface area contributed by atoms with Crippen molar-refractivity contribution < 1.29 is 24.2 Å². The molecule has 3 aromatic carbocycles. The van der Waals surface area contributed by atoms with Gasteiger partial charge in [0.25, 0.3) is 5.91 Å². The fourth-order valence-corrected chi connectivity index (χ4v) is 4.55. The second-order valence-corrected chi connectivity index (χ2v) is 8.85. The highest BCUT2D eigenvalue weighted by Crippen LogP contribution is 2.44. The van der Waals surface area contributed by atoms with Crippen LogP contribution in [-0.2, 0) is 9.53 Å².